The van der Waals surface area contributed by atoms with Gasteiger partial charge in [0.1, 0.15) is 17.7 Å². The molecule has 122 valence electrons. The van der Waals surface area contributed by atoms with Crippen LogP contribution in [0.3, 0.4) is 0 Å². The summed E-state index contributed by atoms with van der Waals surface area (Å²) in [5, 5.41) is 10.2. The molecule has 23 heavy (non-hydrogen) atoms. The summed E-state index contributed by atoms with van der Waals surface area (Å²) in [5.41, 5.74) is 0. The maximum atomic E-state index is 11.8. The Bertz CT molecular complexity index is 652. The van der Waals surface area contributed by atoms with Crippen molar-refractivity contribution in [3.63, 3.8) is 0 Å². The Kier molecular flexibility index (Phi) is 4.82. The number of nitrogens with zero attached hydrogens (tertiary/aromatic N) is 4. The number of rotatable bonds is 6. The van der Waals surface area contributed by atoms with Crippen molar-refractivity contribution < 1.29 is 9.53 Å². The van der Waals surface area contributed by atoms with Crippen LogP contribution in [0.4, 0.5) is 5.82 Å². The van der Waals surface area contributed by atoms with E-state index in [4.69, 9.17) is 4.74 Å². The molecular weight excluding hydrogens is 296 g/mol. The van der Waals surface area contributed by atoms with Gasteiger partial charge in [0, 0.05) is 38.2 Å². The van der Waals surface area contributed by atoms with Crippen LogP contribution in [-0.4, -0.2) is 51.5 Å². The van der Waals surface area contributed by atoms with Crippen LogP contribution in [0.2, 0.25) is 0 Å². The molecule has 0 bridgehead atoms. The SMILES string of the molecule is Cc1nc(NCCNC(=O)[C@H]2CCCO2)cc(-n2cccn2)n1. The number of carbonyl (C=O) groups excluding carboxylic acids is 1. The van der Waals surface area contributed by atoms with Gasteiger partial charge in [0.2, 0.25) is 5.91 Å². The minimum absolute atomic E-state index is 0.0413. The van der Waals surface area contributed by atoms with E-state index < -0.39 is 0 Å². The van der Waals surface area contributed by atoms with Crippen LogP contribution in [0.25, 0.3) is 5.82 Å². The van der Waals surface area contributed by atoms with E-state index in [9.17, 15) is 4.79 Å². The third-order valence-corrected chi connectivity index (χ3v) is 3.52. The second-order valence-electron chi connectivity index (χ2n) is 5.33. The number of aromatic nitrogens is 4. The second kappa shape index (κ2) is 7.19. The topological polar surface area (TPSA) is 94.0 Å². The molecule has 1 fully saturated rings. The molecule has 1 amide bonds. The van der Waals surface area contributed by atoms with Crippen LogP contribution < -0.4 is 10.6 Å². The fourth-order valence-corrected chi connectivity index (χ4v) is 2.44. The van der Waals surface area contributed by atoms with E-state index in [1.165, 1.54) is 0 Å². The summed E-state index contributed by atoms with van der Waals surface area (Å²) in [6, 6.07) is 3.66. The number of hydrogen-bond donors (Lipinski definition) is 2. The lowest BCUT2D eigenvalue weighted by atomic mass is 10.2. The van der Waals surface area contributed by atoms with Crippen molar-refractivity contribution in [3.05, 3.63) is 30.4 Å². The van der Waals surface area contributed by atoms with Crippen LogP contribution in [0, 0.1) is 6.92 Å². The first-order chi connectivity index (χ1) is 11.2. The van der Waals surface area contributed by atoms with E-state index in [2.05, 4.69) is 25.7 Å². The second-order valence-corrected chi connectivity index (χ2v) is 5.33. The zero-order chi connectivity index (χ0) is 16.1. The summed E-state index contributed by atoms with van der Waals surface area (Å²) in [6.45, 7) is 3.59. The van der Waals surface area contributed by atoms with Crippen molar-refractivity contribution in [2.45, 2.75) is 25.9 Å². The predicted octanol–water partition coefficient (Wildman–Crippen LogP) is 0.678. The third kappa shape index (κ3) is 4.04. The van der Waals surface area contributed by atoms with Gasteiger partial charge in [-0.05, 0) is 25.8 Å². The molecule has 8 heteroatoms. The van der Waals surface area contributed by atoms with E-state index in [0.717, 1.165) is 12.8 Å². The van der Waals surface area contributed by atoms with E-state index in [1.807, 2.05) is 25.3 Å². The van der Waals surface area contributed by atoms with E-state index in [0.29, 0.717) is 37.2 Å². The molecule has 0 aliphatic carbocycles. The van der Waals surface area contributed by atoms with Crippen molar-refractivity contribution in [3.8, 4) is 5.82 Å². The van der Waals surface area contributed by atoms with Gasteiger partial charge in [-0.25, -0.2) is 14.6 Å². The highest BCUT2D eigenvalue weighted by Crippen LogP contribution is 2.12. The van der Waals surface area contributed by atoms with Crippen LogP contribution in [0.15, 0.2) is 24.5 Å². The highest BCUT2D eigenvalue weighted by molar-refractivity contribution is 5.80. The average Bonchev–Trinajstić information content (AvgIpc) is 3.23. The molecule has 1 saturated heterocycles. The molecule has 0 radical (unpaired) electrons. The lowest BCUT2D eigenvalue weighted by molar-refractivity contribution is -0.129. The summed E-state index contributed by atoms with van der Waals surface area (Å²) in [6.07, 6.45) is 4.99. The fraction of sp³-hybridized carbons (Fsp3) is 0.467. The van der Waals surface area contributed by atoms with Gasteiger partial charge in [-0.1, -0.05) is 0 Å². The van der Waals surface area contributed by atoms with Gasteiger partial charge in [-0.3, -0.25) is 4.79 Å². The van der Waals surface area contributed by atoms with E-state index in [1.54, 1.807) is 10.9 Å². The van der Waals surface area contributed by atoms with Gasteiger partial charge in [-0.2, -0.15) is 5.10 Å². The zero-order valence-corrected chi connectivity index (χ0v) is 13.0. The molecule has 0 unspecified atom stereocenters. The fourth-order valence-electron chi connectivity index (χ4n) is 2.44. The molecule has 2 aromatic rings. The molecular formula is C15H20N6O2. The Balaban J connectivity index is 1.51. The standard InChI is InChI=1S/C15H20N6O2/c1-11-19-13(10-14(20-11)21-8-3-5-18-21)16-6-7-17-15(22)12-4-2-9-23-12/h3,5,8,10,12H,2,4,6-7,9H2,1H3,(H,17,22)(H,16,19,20)/t12-/m1/s1. The predicted molar refractivity (Wildman–Crippen MR) is 84.4 cm³/mol. The number of nitrogens with one attached hydrogen (secondary N) is 2. The maximum Gasteiger partial charge on any atom is 0.249 e. The number of ether oxygens (including phenoxy) is 1. The first-order valence-corrected chi connectivity index (χ1v) is 7.71. The molecule has 1 aliphatic rings. The van der Waals surface area contributed by atoms with Gasteiger partial charge in [-0.15, -0.1) is 0 Å². The number of anilines is 1. The molecule has 0 aromatic carbocycles. The first kappa shape index (κ1) is 15.4. The van der Waals surface area contributed by atoms with Gasteiger partial charge >= 0.3 is 0 Å². The number of amides is 1. The normalized spacial score (nSPS) is 17.2. The number of carbonyl (C=O) groups is 1. The van der Waals surface area contributed by atoms with E-state index in [-0.39, 0.29) is 12.0 Å². The lowest BCUT2D eigenvalue weighted by Gasteiger charge is -2.12. The monoisotopic (exact) mass is 316 g/mol. The Morgan fingerprint density at radius 2 is 2.35 bits per heavy atom. The third-order valence-electron chi connectivity index (χ3n) is 3.52. The Labute approximate surface area is 134 Å². The van der Waals surface area contributed by atoms with Crippen LogP contribution >= 0.6 is 0 Å². The molecule has 1 atom stereocenters. The van der Waals surface area contributed by atoms with Gasteiger partial charge < -0.3 is 15.4 Å². The Morgan fingerprint density at radius 1 is 1.43 bits per heavy atom. The molecule has 3 heterocycles. The molecule has 1 aliphatic heterocycles. The van der Waals surface area contributed by atoms with Crippen LogP contribution in [-0.2, 0) is 9.53 Å². The number of aryl methyl sites for hydroxylation is 1. The molecule has 2 aromatic heterocycles. The molecule has 2 N–H and O–H groups in total. The largest absolute Gasteiger partial charge is 0.368 e. The minimum atomic E-state index is -0.289. The van der Waals surface area contributed by atoms with Crippen molar-refractivity contribution in [1.29, 1.82) is 0 Å². The highest BCUT2D eigenvalue weighted by atomic mass is 16.5. The van der Waals surface area contributed by atoms with Gasteiger partial charge in [0.25, 0.3) is 0 Å². The Morgan fingerprint density at radius 3 is 3.09 bits per heavy atom. The van der Waals surface area contributed by atoms with Crippen molar-refractivity contribution in [1.82, 2.24) is 25.1 Å². The van der Waals surface area contributed by atoms with Crippen LogP contribution in [0.1, 0.15) is 18.7 Å². The summed E-state index contributed by atoms with van der Waals surface area (Å²) < 4.78 is 7.02. The zero-order valence-electron chi connectivity index (χ0n) is 13.0. The van der Waals surface area contributed by atoms with Crippen LogP contribution in [0.5, 0.6) is 0 Å². The average molecular weight is 316 g/mol. The van der Waals surface area contributed by atoms with Crippen molar-refractivity contribution in [2.24, 2.45) is 0 Å². The van der Waals surface area contributed by atoms with Crippen molar-refractivity contribution in [2.75, 3.05) is 25.0 Å². The Hall–Kier alpha value is -2.48. The first-order valence-electron chi connectivity index (χ1n) is 7.71. The lowest BCUT2D eigenvalue weighted by Crippen LogP contribution is -2.36. The van der Waals surface area contributed by atoms with E-state index >= 15 is 0 Å². The summed E-state index contributed by atoms with van der Waals surface area (Å²) >= 11 is 0. The molecule has 0 saturated carbocycles. The van der Waals surface area contributed by atoms with Crippen molar-refractivity contribution >= 4 is 11.7 Å². The minimum Gasteiger partial charge on any atom is -0.368 e. The molecule has 3 rings (SSSR count). The highest BCUT2D eigenvalue weighted by Gasteiger charge is 2.22. The number of hydrogen-bond acceptors (Lipinski definition) is 6. The summed E-state index contributed by atoms with van der Waals surface area (Å²) in [7, 11) is 0. The molecule has 8 nitrogen and oxygen atoms in total. The summed E-state index contributed by atoms with van der Waals surface area (Å²) in [5.74, 6) is 2.02. The summed E-state index contributed by atoms with van der Waals surface area (Å²) in [4.78, 5) is 20.5. The van der Waals surface area contributed by atoms with Gasteiger partial charge in [0.05, 0.1) is 0 Å². The quantitative estimate of drug-likeness (QED) is 0.761. The molecule has 0 spiro atoms. The van der Waals surface area contributed by atoms with Gasteiger partial charge in [0.15, 0.2) is 5.82 Å². The smallest absolute Gasteiger partial charge is 0.249 e. The maximum absolute atomic E-state index is 11.8.